The maximum absolute atomic E-state index is 8.56. The average Bonchev–Trinajstić information content (AvgIpc) is 2.49. The Morgan fingerprint density at radius 1 is 1.57 bits per heavy atom. The molecule has 2 rings (SSSR count). The molecule has 2 N–H and O–H groups in total. The summed E-state index contributed by atoms with van der Waals surface area (Å²) in [5, 5.41) is 14.0. The largest absolute Gasteiger partial charge is 0.398 e. The van der Waals surface area contributed by atoms with Gasteiger partial charge in [-0.3, -0.25) is 4.68 Å². The second-order valence-corrected chi connectivity index (χ2v) is 3.32. The van der Waals surface area contributed by atoms with Gasteiger partial charge in [0.05, 0.1) is 17.8 Å². The Labute approximate surface area is 85.5 Å². The summed E-state index contributed by atoms with van der Waals surface area (Å²) in [5.74, 6) is 0. The Balaban J connectivity index is 2.73. The van der Waals surface area contributed by atoms with Crippen LogP contribution in [0, 0.1) is 11.3 Å². The quantitative estimate of drug-likeness (QED) is 0.724. The lowest BCUT2D eigenvalue weighted by Gasteiger charge is -1.99. The number of halogens is 1. The van der Waals surface area contributed by atoms with Crippen LogP contribution >= 0.6 is 11.6 Å². The first-order chi connectivity index (χ1) is 6.72. The van der Waals surface area contributed by atoms with Gasteiger partial charge < -0.3 is 5.73 Å². The molecule has 1 aromatic carbocycles. The van der Waals surface area contributed by atoms with Crippen LogP contribution in [0.3, 0.4) is 0 Å². The average molecular weight is 207 g/mol. The third-order valence-electron chi connectivity index (χ3n) is 1.98. The molecule has 0 saturated carbocycles. The highest BCUT2D eigenvalue weighted by atomic mass is 35.5. The third-order valence-corrected chi connectivity index (χ3v) is 2.20. The van der Waals surface area contributed by atoms with E-state index in [1.165, 1.54) is 0 Å². The van der Waals surface area contributed by atoms with Crippen molar-refractivity contribution in [2.75, 3.05) is 5.73 Å². The van der Waals surface area contributed by atoms with E-state index in [-0.39, 0.29) is 6.54 Å². The number of nitriles is 1. The zero-order valence-corrected chi connectivity index (χ0v) is 7.99. The molecule has 0 saturated heterocycles. The summed E-state index contributed by atoms with van der Waals surface area (Å²) in [5.41, 5.74) is 7.11. The molecular formula is C9H7ClN4. The van der Waals surface area contributed by atoms with Crippen molar-refractivity contribution in [3.05, 3.63) is 23.4 Å². The SMILES string of the molecule is N#CCn1ncc2c(N)cc(Cl)cc21. The van der Waals surface area contributed by atoms with Gasteiger partial charge in [-0.25, -0.2) is 0 Å². The number of benzene rings is 1. The van der Waals surface area contributed by atoms with Crippen LogP contribution in [0.15, 0.2) is 18.3 Å². The normalized spacial score (nSPS) is 10.3. The van der Waals surface area contributed by atoms with Crippen LogP contribution in [0.5, 0.6) is 0 Å². The molecule has 2 aromatic rings. The Hall–Kier alpha value is -1.73. The van der Waals surface area contributed by atoms with Gasteiger partial charge >= 0.3 is 0 Å². The molecular weight excluding hydrogens is 200 g/mol. The fraction of sp³-hybridized carbons (Fsp3) is 0.111. The van der Waals surface area contributed by atoms with Crippen molar-refractivity contribution in [3.63, 3.8) is 0 Å². The fourth-order valence-corrected chi connectivity index (χ4v) is 1.58. The van der Waals surface area contributed by atoms with Crippen LogP contribution in [-0.4, -0.2) is 9.78 Å². The molecule has 0 bridgehead atoms. The number of hydrogen-bond acceptors (Lipinski definition) is 3. The van der Waals surface area contributed by atoms with Crippen molar-refractivity contribution in [3.8, 4) is 6.07 Å². The van der Waals surface area contributed by atoms with Gasteiger partial charge in [0.2, 0.25) is 0 Å². The van der Waals surface area contributed by atoms with Crippen LogP contribution < -0.4 is 5.73 Å². The zero-order valence-electron chi connectivity index (χ0n) is 7.24. The number of nitrogen functional groups attached to an aromatic ring is 1. The number of nitrogens with two attached hydrogens (primary N) is 1. The van der Waals surface area contributed by atoms with Gasteiger partial charge in [-0.2, -0.15) is 10.4 Å². The molecule has 5 heteroatoms. The van der Waals surface area contributed by atoms with Crippen LogP contribution in [0.25, 0.3) is 10.9 Å². The van der Waals surface area contributed by atoms with Crippen molar-refractivity contribution >= 4 is 28.2 Å². The van der Waals surface area contributed by atoms with E-state index in [0.29, 0.717) is 10.7 Å². The molecule has 0 amide bonds. The van der Waals surface area contributed by atoms with E-state index in [0.717, 1.165) is 10.9 Å². The maximum atomic E-state index is 8.56. The molecule has 0 unspecified atom stereocenters. The Morgan fingerprint density at radius 2 is 2.36 bits per heavy atom. The summed E-state index contributed by atoms with van der Waals surface area (Å²) >= 11 is 5.85. The molecule has 0 aliphatic rings. The van der Waals surface area contributed by atoms with E-state index in [4.69, 9.17) is 22.6 Å². The number of rotatable bonds is 1. The number of hydrogen-bond donors (Lipinski definition) is 1. The Morgan fingerprint density at radius 3 is 3.07 bits per heavy atom. The van der Waals surface area contributed by atoms with Crippen molar-refractivity contribution < 1.29 is 0 Å². The molecule has 14 heavy (non-hydrogen) atoms. The second-order valence-electron chi connectivity index (χ2n) is 2.89. The monoisotopic (exact) mass is 206 g/mol. The first kappa shape index (κ1) is 8.85. The number of nitrogens with zero attached hydrogens (tertiary/aromatic N) is 3. The van der Waals surface area contributed by atoms with Crippen LogP contribution in [0.2, 0.25) is 5.02 Å². The van der Waals surface area contributed by atoms with Gasteiger partial charge in [-0.15, -0.1) is 0 Å². The summed E-state index contributed by atoms with van der Waals surface area (Å²) in [6, 6.07) is 5.43. The number of fused-ring (bicyclic) bond motifs is 1. The lowest BCUT2D eigenvalue weighted by Crippen LogP contribution is -1.97. The predicted molar refractivity (Wildman–Crippen MR) is 54.8 cm³/mol. The van der Waals surface area contributed by atoms with Gasteiger partial charge in [-0.05, 0) is 12.1 Å². The second kappa shape index (κ2) is 3.20. The summed E-state index contributed by atoms with van der Waals surface area (Å²) < 4.78 is 1.57. The van der Waals surface area contributed by atoms with E-state index in [1.54, 1.807) is 23.0 Å². The molecule has 4 nitrogen and oxygen atoms in total. The summed E-state index contributed by atoms with van der Waals surface area (Å²) in [6.45, 7) is 0.198. The van der Waals surface area contributed by atoms with Gasteiger partial charge in [0.1, 0.15) is 6.54 Å². The number of aromatic nitrogens is 2. The molecule has 0 fully saturated rings. The lowest BCUT2D eigenvalue weighted by atomic mass is 10.2. The zero-order chi connectivity index (χ0) is 10.1. The first-order valence-electron chi connectivity index (χ1n) is 4.00. The topological polar surface area (TPSA) is 67.6 Å². The van der Waals surface area contributed by atoms with E-state index >= 15 is 0 Å². The van der Waals surface area contributed by atoms with Gasteiger partial charge in [-0.1, -0.05) is 11.6 Å². The molecule has 1 heterocycles. The summed E-state index contributed by atoms with van der Waals surface area (Å²) in [6.07, 6.45) is 1.64. The van der Waals surface area contributed by atoms with Gasteiger partial charge in [0, 0.05) is 16.1 Å². The molecule has 0 aliphatic carbocycles. The molecule has 0 aliphatic heterocycles. The fourth-order valence-electron chi connectivity index (χ4n) is 1.36. The maximum Gasteiger partial charge on any atom is 0.128 e. The van der Waals surface area contributed by atoms with Crippen molar-refractivity contribution in [1.82, 2.24) is 9.78 Å². The van der Waals surface area contributed by atoms with E-state index < -0.39 is 0 Å². The summed E-state index contributed by atoms with van der Waals surface area (Å²) in [7, 11) is 0. The molecule has 0 spiro atoms. The van der Waals surface area contributed by atoms with Crippen molar-refractivity contribution in [2.45, 2.75) is 6.54 Å². The Bertz CT molecular complexity index is 523. The van der Waals surface area contributed by atoms with Crippen molar-refractivity contribution in [1.29, 1.82) is 5.26 Å². The minimum absolute atomic E-state index is 0.198. The summed E-state index contributed by atoms with van der Waals surface area (Å²) in [4.78, 5) is 0. The highest BCUT2D eigenvalue weighted by Gasteiger charge is 2.06. The van der Waals surface area contributed by atoms with E-state index in [9.17, 15) is 0 Å². The molecule has 0 atom stereocenters. The standard InChI is InChI=1S/C9H7ClN4/c10-6-3-8(12)7-5-13-14(2-1-11)9(7)4-6/h3-5H,2,12H2. The van der Waals surface area contributed by atoms with Crippen LogP contribution in [0.4, 0.5) is 5.69 Å². The molecule has 70 valence electrons. The van der Waals surface area contributed by atoms with Crippen LogP contribution in [0.1, 0.15) is 0 Å². The molecule has 1 aromatic heterocycles. The third kappa shape index (κ3) is 1.28. The lowest BCUT2D eigenvalue weighted by molar-refractivity contribution is 0.736. The Kier molecular flexibility index (Phi) is 2.02. The highest BCUT2D eigenvalue weighted by Crippen LogP contribution is 2.25. The first-order valence-corrected chi connectivity index (χ1v) is 4.37. The smallest absolute Gasteiger partial charge is 0.128 e. The van der Waals surface area contributed by atoms with E-state index in [2.05, 4.69) is 5.10 Å². The van der Waals surface area contributed by atoms with Gasteiger partial charge in [0.15, 0.2) is 0 Å². The van der Waals surface area contributed by atoms with E-state index in [1.807, 2.05) is 6.07 Å². The molecule has 0 radical (unpaired) electrons. The number of anilines is 1. The minimum atomic E-state index is 0.198. The van der Waals surface area contributed by atoms with Crippen molar-refractivity contribution in [2.24, 2.45) is 0 Å². The van der Waals surface area contributed by atoms with Gasteiger partial charge in [0.25, 0.3) is 0 Å². The highest BCUT2D eigenvalue weighted by molar-refractivity contribution is 6.31. The minimum Gasteiger partial charge on any atom is -0.398 e. The van der Waals surface area contributed by atoms with Crippen LogP contribution in [-0.2, 0) is 6.54 Å². The predicted octanol–water partition coefficient (Wildman–Crippen LogP) is 1.80.